The van der Waals surface area contributed by atoms with Crippen LogP contribution in [0.25, 0.3) is 0 Å². The topological polar surface area (TPSA) is 0 Å². The number of rotatable bonds is 3. The van der Waals surface area contributed by atoms with Crippen molar-refractivity contribution in [2.75, 3.05) is 0 Å². The first kappa shape index (κ1) is 9.74. The van der Waals surface area contributed by atoms with Crippen molar-refractivity contribution in [3.05, 3.63) is 35.4 Å². The normalized spacial score (nSPS) is 12.9. The highest BCUT2D eigenvalue weighted by Gasteiger charge is 2.01. The minimum atomic E-state index is 0.678. The second kappa shape index (κ2) is 4.62. The average Bonchev–Trinajstić information content (AvgIpc) is 2.04. The van der Waals surface area contributed by atoms with E-state index in [-0.39, 0.29) is 0 Å². The Bertz CT molecular complexity index is 241. The number of hydrogen-bond donors (Lipinski definition) is 0. The average molecular weight is 180 g/mol. The van der Waals surface area contributed by atoms with E-state index in [0.29, 0.717) is 5.66 Å². The van der Waals surface area contributed by atoms with Crippen molar-refractivity contribution >= 4 is 9.24 Å². The summed E-state index contributed by atoms with van der Waals surface area (Å²) in [6.07, 6.45) is 2.32. The maximum Gasteiger partial charge on any atom is -0.0216 e. The molecule has 0 heterocycles. The maximum atomic E-state index is 2.85. The van der Waals surface area contributed by atoms with Gasteiger partial charge in [-0.05, 0) is 29.6 Å². The van der Waals surface area contributed by atoms with Gasteiger partial charge >= 0.3 is 0 Å². The van der Waals surface area contributed by atoms with Gasteiger partial charge in [-0.15, -0.1) is 9.24 Å². The maximum absolute atomic E-state index is 2.85. The first-order valence-electron chi connectivity index (χ1n) is 4.56. The smallest absolute Gasteiger partial charge is 0.0216 e. The Balaban J connectivity index is 2.82. The van der Waals surface area contributed by atoms with Crippen molar-refractivity contribution in [1.29, 1.82) is 0 Å². The Hall–Kier alpha value is -0.350. The fraction of sp³-hybridized carbons (Fsp3) is 0.455. The highest BCUT2D eigenvalue weighted by molar-refractivity contribution is 7.17. The van der Waals surface area contributed by atoms with E-state index in [1.165, 1.54) is 17.5 Å². The van der Waals surface area contributed by atoms with Crippen LogP contribution in [-0.2, 0) is 12.8 Å². The first-order valence-corrected chi connectivity index (χ1v) is 5.23. The van der Waals surface area contributed by atoms with Crippen LogP contribution < -0.4 is 0 Å². The Morgan fingerprint density at radius 3 is 2.33 bits per heavy atom. The van der Waals surface area contributed by atoms with Crippen LogP contribution in [0.1, 0.15) is 25.0 Å². The Morgan fingerprint density at radius 2 is 1.83 bits per heavy atom. The predicted octanol–water partition coefficient (Wildman–Crippen LogP) is 3.06. The van der Waals surface area contributed by atoms with Gasteiger partial charge in [-0.25, -0.2) is 0 Å². The molecule has 0 radical (unpaired) electrons. The van der Waals surface area contributed by atoms with Crippen molar-refractivity contribution in [3.63, 3.8) is 0 Å². The summed E-state index contributed by atoms with van der Waals surface area (Å²) in [5.41, 5.74) is 3.67. The third kappa shape index (κ3) is 2.60. The zero-order chi connectivity index (χ0) is 8.97. The standard InChI is InChI=1S/C11H17P/c1-3-10-6-4-5-7-11(10)8-9(2)12/h4-7,9H,3,8,12H2,1-2H3. The van der Waals surface area contributed by atoms with Crippen LogP contribution in [0.15, 0.2) is 24.3 Å². The van der Waals surface area contributed by atoms with E-state index >= 15 is 0 Å². The molecule has 0 nitrogen and oxygen atoms in total. The van der Waals surface area contributed by atoms with Gasteiger partial charge in [0.15, 0.2) is 0 Å². The van der Waals surface area contributed by atoms with Crippen LogP contribution in [0, 0.1) is 0 Å². The molecule has 0 saturated carbocycles. The largest absolute Gasteiger partial charge is 0.134 e. The molecule has 2 atom stereocenters. The lowest BCUT2D eigenvalue weighted by molar-refractivity contribution is 0.919. The van der Waals surface area contributed by atoms with Gasteiger partial charge < -0.3 is 0 Å². The van der Waals surface area contributed by atoms with Crippen molar-refractivity contribution in [2.24, 2.45) is 0 Å². The molecular weight excluding hydrogens is 163 g/mol. The molecule has 1 aromatic rings. The summed E-state index contributed by atoms with van der Waals surface area (Å²) >= 11 is 0. The molecule has 1 aromatic carbocycles. The van der Waals surface area contributed by atoms with Gasteiger partial charge in [0.2, 0.25) is 0 Å². The van der Waals surface area contributed by atoms with Crippen LogP contribution in [0.3, 0.4) is 0 Å². The molecule has 0 bridgehead atoms. The van der Waals surface area contributed by atoms with Crippen LogP contribution in [0.5, 0.6) is 0 Å². The molecule has 1 rings (SSSR count). The van der Waals surface area contributed by atoms with E-state index in [9.17, 15) is 0 Å². The van der Waals surface area contributed by atoms with Gasteiger partial charge in [-0.3, -0.25) is 0 Å². The van der Waals surface area contributed by atoms with Crippen molar-refractivity contribution in [2.45, 2.75) is 32.3 Å². The van der Waals surface area contributed by atoms with E-state index in [1.807, 2.05) is 0 Å². The van der Waals surface area contributed by atoms with Crippen molar-refractivity contribution < 1.29 is 0 Å². The summed E-state index contributed by atoms with van der Waals surface area (Å²) in [6, 6.07) is 8.71. The fourth-order valence-electron chi connectivity index (χ4n) is 1.45. The Kier molecular flexibility index (Phi) is 3.75. The molecule has 0 fully saturated rings. The Labute approximate surface area is 77.6 Å². The molecular formula is C11H17P. The molecule has 0 aliphatic heterocycles. The van der Waals surface area contributed by atoms with Gasteiger partial charge in [0.1, 0.15) is 0 Å². The molecule has 0 aliphatic carbocycles. The minimum Gasteiger partial charge on any atom is -0.134 e. The summed E-state index contributed by atoms with van der Waals surface area (Å²) in [4.78, 5) is 0. The summed E-state index contributed by atoms with van der Waals surface area (Å²) in [5.74, 6) is 0. The van der Waals surface area contributed by atoms with Gasteiger partial charge in [0, 0.05) is 0 Å². The summed E-state index contributed by atoms with van der Waals surface area (Å²) < 4.78 is 0. The molecule has 0 N–H and O–H groups in total. The molecule has 2 unspecified atom stereocenters. The molecule has 0 saturated heterocycles. The molecule has 0 spiro atoms. The lowest BCUT2D eigenvalue weighted by Crippen LogP contribution is -1.99. The molecule has 66 valence electrons. The van der Waals surface area contributed by atoms with Gasteiger partial charge in [0.25, 0.3) is 0 Å². The second-order valence-electron chi connectivity index (χ2n) is 3.30. The van der Waals surface area contributed by atoms with Gasteiger partial charge in [-0.2, -0.15) is 0 Å². The van der Waals surface area contributed by atoms with Crippen molar-refractivity contribution in [1.82, 2.24) is 0 Å². The van der Waals surface area contributed by atoms with E-state index in [0.717, 1.165) is 6.42 Å². The summed E-state index contributed by atoms with van der Waals surface area (Å²) in [5, 5.41) is 0. The fourth-order valence-corrected chi connectivity index (χ4v) is 1.70. The third-order valence-electron chi connectivity index (χ3n) is 2.04. The van der Waals surface area contributed by atoms with Crippen LogP contribution in [0.4, 0.5) is 0 Å². The SMILES string of the molecule is CCc1ccccc1CC(C)P. The minimum absolute atomic E-state index is 0.678. The lowest BCUT2D eigenvalue weighted by atomic mass is 10.0. The third-order valence-corrected chi connectivity index (χ3v) is 2.28. The lowest BCUT2D eigenvalue weighted by Gasteiger charge is -2.09. The predicted molar refractivity (Wildman–Crippen MR) is 58.7 cm³/mol. The number of hydrogen-bond acceptors (Lipinski definition) is 0. The quantitative estimate of drug-likeness (QED) is 0.627. The molecule has 1 heteroatoms. The van der Waals surface area contributed by atoms with Gasteiger partial charge in [-0.1, -0.05) is 38.1 Å². The highest BCUT2D eigenvalue weighted by atomic mass is 31.0. The van der Waals surface area contributed by atoms with Crippen molar-refractivity contribution in [3.8, 4) is 0 Å². The number of aryl methyl sites for hydroxylation is 1. The van der Waals surface area contributed by atoms with E-state index < -0.39 is 0 Å². The molecule has 0 aromatic heterocycles. The van der Waals surface area contributed by atoms with Gasteiger partial charge in [0.05, 0.1) is 0 Å². The van der Waals surface area contributed by atoms with Crippen LogP contribution in [0.2, 0.25) is 0 Å². The highest BCUT2D eigenvalue weighted by Crippen LogP contribution is 2.14. The second-order valence-corrected chi connectivity index (χ2v) is 4.44. The van der Waals surface area contributed by atoms with Crippen LogP contribution >= 0.6 is 9.24 Å². The first-order chi connectivity index (χ1) is 5.74. The molecule has 0 aliphatic rings. The summed E-state index contributed by atoms with van der Waals surface area (Å²) in [7, 11) is 2.85. The van der Waals surface area contributed by atoms with Crippen LogP contribution in [-0.4, -0.2) is 5.66 Å². The van der Waals surface area contributed by atoms with E-state index in [1.54, 1.807) is 0 Å². The van der Waals surface area contributed by atoms with E-state index in [2.05, 4.69) is 47.4 Å². The van der Waals surface area contributed by atoms with E-state index in [4.69, 9.17) is 0 Å². The number of benzene rings is 1. The monoisotopic (exact) mass is 180 g/mol. The summed E-state index contributed by atoms with van der Waals surface area (Å²) in [6.45, 7) is 4.45. The zero-order valence-corrected chi connectivity index (χ0v) is 9.03. The molecule has 0 amide bonds. The zero-order valence-electron chi connectivity index (χ0n) is 7.88. The molecule has 12 heavy (non-hydrogen) atoms. The Morgan fingerprint density at radius 1 is 1.25 bits per heavy atom.